The zero-order valence-corrected chi connectivity index (χ0v) is 13.4. The Balaban J connectivity index is 2.53. The predicted octanol–water partition coefficient (Wildman–Crippen LogP) is 1.43. The van der Waals surface area contributed by atoms with Crippen LogP contribution in [0.5, 0.6) is 0 Å². The first kappa shape index (κ1) is 17.9. The fourth-order valence-corrected chi connectivity index (χ4v) is 1.67. The fraction of sp³-hybridized carbons (Fsp3) is 0.500. The molecule has 1 aromatic carbocycles. The van der Waals surface area contributed by atoms with Crippen molar-refractivity contribution in [2.45, 2.75) is 27.2 Å². The van der Waals surface area contributed by atoms with Crippen molar-refractivity contribution in [2.75, 3.05) is 19.6 Å². The second kappa shape index (κ2) is 8.36. The Bertz CT molecular complexity index is 511. The molecular formula is C16H25FN4O. The van der Waals surface area contributed by atoms with E-state index in [1.165, 1.54) is 12.1 Å². The van der Waals surface area contributed by atoms with E-state index in [1.807, 2.05) is 6.92 Å². The molecule has 1 aromatic rings. The number of hydrogen-bond donors (Lipinski definition) is 3. The number of rotatable bonds is 7. The second-order valence-electron chi connectivity index (χ2n) is 5.75. The monoisotopic (exact) mass is 308 g/mol. The number of nitrogens with one attached hydrogen (secondary N) is 2. The molecule has 0 spiro atoms. The van der Waals surface area contributed by atoms with Crippen molar-refractivity contribution < 1.29 is 9.18 Å². The Morgan fingerprint density at radius 1 is 1.27 bits per heavy atom. The Morgan fingerprint density at radius 2 is 1.91 bits per heavy atom. The van der Waals surface area contributed by atoms with Crippen LogP contribution in [0.3, 0.4) is 0 Å². The van der Waals surface area contributed by atoms with Gasteiger partial charge in [0.15, 0.2) is 5.96 Å². The number of guanidine groups is 1. The number of carbonyl (C=O) groups excluding carboxylic acids is 1. The number of benzene rings is 1. The minimum absolute atomic E-state index is 0.236. The summed E-state index contributed by atoms with van der Waals surface area (Å²) < 4.78 is 12.8. The largest absolute Gasteiger partial charge is 0.369 e. The van der Waals surface area contributed by atoms with E-state index in [4.69, 9.17) is 5.73 Å². The van der Waals surface area contributed by atoms with Gasteiger partial charge in [0.1, 0.15) is 5.82 Å². The third kappa shape index (κ3) is 6.11. The molecule has 0 heterocycles. The summed E-state index contributed by atoms with van der Waals surface area (Å²) in [5.41, 5.74) is 5.70. The summed E-state index contributed by atoms with van der Waals surface area (Å²) >= 11 is 0. The highest BCUT2D eigenvalue weighted by Gasteiger charge is 2.24. The van der Waals surface area contributed by atoms with Crippen molar-refractivity contribution in [1.82, 2.24) is 10.6 Å². The molecule has 0 aliphatic rings. The van der Waals surface area contributed by atoms with Gasteiger partial charge in [0.05, 0.1) is 12.0 Å². The highest BCUT2D eigenvalue weighted by Crippen LogP contribution is 2.13. The van der Waals surface area contributed by atoms with E-state index in [2.05, 4.69) is 15.6 Å². The molecule has 0 saturated carbocycles. The van der Waals surface area contributed by atoms with Crippen LogP contribution in [0, 0.1) is 11.2 Å². The van der Waals surface area contributed by atoms with Gasteiger partial charge in [-0.2, -0.15) is 0 Å². The maximum absolute atomic E-state index is 12.8. The molecule has 0 unspecified atom stereocenters. The van der Waals surface area contributed by atoms with Crippen LogP contribution < -0.4 is 16.4 Å². The zero-order valence-electron chi connectivity index (χ0n) is 13.4. The molecule has 0 saturated heterocycles. The molecule has 0 aliphatic carbocycles. The lowest BCUT2D eigenvalue weighted by atomic mass is 9.93. The predicted molar refractivity (Wildman–Crippen MR) is 87.1 cm³/mol. The van der Waals surface area contributed by atoms with E-state index in [-0.39, 0.29) is 11.7 Å². The van der Waals surface area contributed by atoms with Crippen LogP contribution in [-0.2, 0) is 11.2 Å². The molecule has 22 heavy (non-hydrogen) atoms. The summed E-state index contributed by atoms with van der Waals surface area (Å²) in [5, 5.41) is 6.30. The van der Waals surface area contributed by atoms with Gasteiger partial charge in [-0.1, -0.05) is 12.1 Å². The molecule has 0 aliphatic heterocycles. The third-order valence-corrected chi connectivity index (χ3v) is 3.26. The lowest BCUT2D eigenvalue weighted by molar-refractivity contribution is -0.125. The van der Waals surface area contributed by atoms with Crippen LogP contribution >= 0.6 is 0 Å². The molecule has 0 atom stereocenters. The van der Waals surface area contributed by atoms with Gasteiger partial charge in [0.25, 0.3) is 0 Å². The van der Waals surface area contributed by atoms with Gasteiger partial charge < -0.3 is 16.4 Å². The molecule has 1 rings (SSSR count). The Hall–Kier alpha value is -2.11. The van der Waals surface area contributed by atoms with Crippen LogP contribution in [0.25, 0.3) is 0 Å². The van der Waals surface area contributed by atoms with E-state index < -0.39 is 5.41 Å². The summed E-state index contributed by atoms with van der Waals surface area (Å²) in [6.45, 7) is 7.19. The van der Waals surface area contributed by atoms with Gasteiger partial charge in [-0.25, -0.2) is 4.39 Å². The number of amides is 1. The van der Waals surface area contributed by atoms with E-state index in [9.17, 15) is 9.18 Å². The molecule has 0 radical (unpaired) electrons. The van der Waals surface area contributed by atoms with E-state index in [1.54, 1.807) is 26.0 Å². The number of nitrogens with zero attached hydrogens (tertiary/aromatic N) is 1. The minimum atomic E-state index is -0.681. The summed E-state index contributed by atoms with van der Waals surface area (Å²) in [6.07, 6.45) is 0.754. The smallest absolute Gasteiger partial charge is 0.224 e. The molecule has 0 aromatic heterocycles. The van der Waals surface area contributed by atoms with Crippen LogP contribution in [0.1, 0.15) is 26.3 Å². The van der Waals surface area contributed by atoms with Gasteiger partial charge in [0, 0.05) is 13.1 Å². The quantitative estimate of drug-likeness (QED) is 0.527. The summed E-state index contributed by atoms with van der Waals surface area (Å²) in [7, 11) is 0. The lowest BCUT2D eigenvalue weighted by Gasteiger charge is -2.19. The van der Waals surface area contributed by atoms with Crippen LogP contribution in [0.2, 0.25) is 0 Å². The third-order valence-electron chi connectivity index (χ3n) is 3.26. The van der Waals surface area contributed by atoms with Gasteiger partial charge in [0.2, 0.25) is 5.91 Å². The highest BCUT2D eigenvalue weighted by atomic mass is 19.1. The molecule has 1 amide bonds. The maximum Gasteiger partial charge on any atom is 0.224 e. The molecular weight excluding hydrogens is 283 g/mol. The minimum Gasteiger partial charge on any atom is -0.369 e. The Labute approximate surface area is 131 Å². The molecule has 5 nitrogen and oxygen atoms in total. The molecule has 4 N–H and O–H groups in total. The van der Waals surface area contributed by atoms with Gasteiger partial charge >= 0.3 is 0 Å². The highest BCUT2D eigenvalue weighted by molar-refractivity contribution is 5.82. The molecule has 0 fully saturated rings. The first-order chi connectivity index (χ1) is 10.3. The van der Waals surface area contributed by atoms with Gasteiger partial charge in [-0.15, -0.1) is 0 Å². The fourth-order valence-electron chi connectivity index (χ4n) is 1.67. The average Bonchev–Trinajstić information content (AvgIpc) is 2.46. The number of carbonyl (C=O) groups is 1. The van der Waals surface area contributed by atoms with Crippen LogP contribution in [-0.4, -0.2) is 31.5 Å². The summed E-state index contributed by atoms with van der Waals surface area (Å²) in [4.78, 5) is 15.7. The van der Waals surface area contributed by atoms with E-state index >= 15 is 0 Å². The van der Waals surface area contributed by atoms with Crippen molar-refractivity contribution in [3.8, 4) is 0 Å². The molecule has 122 valence electrons. The Morgan fingerprint density at radius 3 is 2.45 bits per heavy atom. The summed E-state index contributed by atoms with van der Waals surface area (Å²) in [5.74, 6) is 0.0256. The molecule has 0 bridgehead atoms. The maximum atomic E-state index is 12.8. The van der Waals surface area contributed by atoms with Crippen LogP contribution in [0.4, 0.5) is 4.39 Å². The van der Waals surface area contributed by atoms with Crippen molar-refractivity contribution >= 4 is 11.9 Å². The summed E-state index contributed by atoms with van der Waals surface area (Å²) in [6, 6.07) is 6.42. The van der Waals surface area contributed by atoms with E-state index in [0.29, 0.717) is 19.0 Å². The first-order valence-corrected chi connectivity index (χ1v) is 7.41. The SMILES string of the molecule is CCNC(=NCC(C)(C)C(N)=O)NCCc1ccc(F)cc1. The first-order valence-electron chi connectivity index (χ1n) is 7.41. The number of halogens is 1. The normalized spacial score (nSPS) is 12.1. The number of aliphatic imine (C=N–C) groups is 1. The van der Waals surface area contributed by atoms with Gasteiger partial charge in [-0.3, -0.25) is 9.79 Å². The topological polar surface area (TPSA) is 79.5 Å². The number of primary amides is 1. The Kier molecular flexibility index (Phi) is 6.82. The van der Waals surface area contributed by atoms with Crippen LogP contribution in [0.15, 0.2) is 29.3 Å². The van der Waals surface area contributed by atoms with E-state index in [0.717, 1.165) is 18.5 Å². The van der Waals surface area contributed by atoms with Crippen molar-refractivity contribution in [3.63, 3.8) is 0 Å². The van der Waals surface area contributed by atoms with Crippen molar-refractivity contribution in [2.24, 2.45) is 16.1 Å². The van der Waals surface area contributed by atoms with Gasteiger partial charge in [-0.05, 0) is 44.9 Å². The zero-order chi connectivity index (χ0) is 16.6. The van der Waals surface area contributed by atoms with Crippen molar-refractivity contribution in [1.29, 1.82) is 0 Å². The lowest BCUT2D eigenvalue weighted by Crippen LogP contribution is -2.40. The standard InChI is InChI=1S/C16H25FN4O/c1-4-19-15(21-11-16(2,3)14(18)22)20-10-9-12-5-7-13(17)8-6-12/h5-8H,4,9-11H2,1-3H3,(H2,18,22)(H2,19,20,21). The second-order valence-corrected chi connectivity index (χ2v) is 5.75. The number of nitrogens with two attached hydrogens (primary N) is 1. The average molecular weight is 308 g/mol. The molecule has 6 heteroatoms. The van der Waals surface area contributed by atoms with Crippen molar-refractivity contribution in [3.05, 3.63) is 35.6 Å². The number of hydrogen-bond acceptors (Lipinski definition) is 2.